The summed E-state index contributed by atoms with van der Waals surface area (Å²) in [5.74, 6) is 1.06. The highest BCUT2D eigenvalue weighted by atomic mass is 16.5. The highest BCUT2D eigenvalue weighted by Gasteiger charge is 2.15. The molecule has 0 radical (unpaired) electrons. The van der Waals surface area contributed by atoms with E-state index in [9.17, 15) is 0 Å². The van der Waals surface area contributed by atoms with Crippen LogP contribution in [0.5, 0.6) is 5.88 Å². The van der Waals surface area contributed by atoms with Crippen molar-refractivity contribution in [3.63, 3.8) is 0 Å². The predicted molar refractivity (Wildman–Crippen MR) is 81.5 cm³/mol. The van der Waals surface area contributed by atoms with Gasteiger partial charge in [-0.05, 0) is 38.5 Å². The van der Waals surface area contributed by atoms with Gasteiger partial charge in [0, 0.05) is 12.7 Å². The second-order valence-electron chi connectivity index (χ2n) is 4.98. The van der Waals surface area contributed by atoms with E-state index in [0.717, 1.165) is 5.69 Å². The molecular weight excluding hydrogens is 252 g/mol. The lowest BCUT2D eigenvalue weighted by Crippen LogP contribution is -2.16. The van der Waals surface area contributed by atoms with Gasteiger partial charge in [-0.1, -0.05) is 12.1 Å². The van der Waals surface area contributed by atoms with Gasteiger partial charge >= 0.3 is 0 Å². The number of ether oxygens (including phenoxy) is 1. The Balaban J connectivity index is 2.37. The summed E-state index contributed by atoms with van der Waals surface area (Å²) in [7, 11) is 1.92. The third-order valence-corrected chi connectivity index (χ3v) is 2.88. The molecule has 5 nitrogen and oxygen atoms in total. The van der Waals surface area contributed by atoms with E-state index in [1.54, 1.807) is 0 Å². The average molecular weight is 272 g/mol. The van der Waals surface area contributed by atoms with E-state index in [2.05, 4.69) is 16.0 Å². The maximum atomic E-state index is 6.12. The fourth-order valence-electron chi connectivity index (χ4n) is 1.91. The summed E-state index contributed by atoms with van der Waals surface area (Å²) in [4.78, 5) is 10.3. The van der Waals surface area contributed by atoms with Crippen molar-refractivity contribution in [2.24, 2.45) is 0 Å². The Bertz CT molecular complexity index is 598. The van der Waals surface area contributed by atoms with Gasteiger partial charge in [0.15, 0.2) is 5.82 Å². The quantitative estimate of drug-likeness (QED) is 0.927. The highest BCUT2D eigenvalue weighted by Crippen LogP contribution is 2.32. The van der Waals surface area contributed by atoms with Crippen LogP contribution in [-0.4, -0.2) is 23.1 Å². The average Bonchev–Trinajstić information content (AvgIpc) is 2.40. The van der Waals surface area contributed by atoms with Crippen molar-refractivity contribution in [3.8, 4) is 5.88 Å². The topological polar surface area (TPSA) is 64.3 Å². The van der Waals surface area contributed by atoms with Crippen LogP contribution in [0.2, 0.25) is 0 Å². The van der Waals surface area contributed by atoms with Gasteiger partial charge in [-0.2, -0.15) is 4.98 Å². The van der Waals surface area contributed by atoms with Gasteiger partial charge < -0.3 is 15.4 Å². The monoisotopic (exact) mass is 272 g/mol. The van der Waals surface area contributed by atoms with Crippen molar-refractivity contribution in [1.82, 2.24) is 9.97 Å². The third-order valence-electron chi connectivity index (χ3n) is 2.88. The van der Waals surface area contributed by atoms with Gasteiger partial charge in [0.05, 0.1) is 6.10 Å². The smallest absolute Gasteiger partial charge is 0.242 e. The zero-order valence-electron chi connectivity index (χ0n) is 12.3. The van der Waals surface area contributed by atoms with Gasteiger partial charge in [0.2, 0.25) is 5.88 Å². The summed E-state index contributed by atoms with van der Waals surface area (Å²) in [6, 6.07) is 8.14. The van der Waals surface area contributed by atoms with Gasteiger partial charge in [0.1, 0.15) is 12.0 Å². The molecular formula is C15H20N4O. The summed E-state index contributed by atoms with van der Waals surface area (Å²) in [5.41, 5.74) is 8.77. The van der Waals surface area contributed by atoms with Crippen LogP contribution >= 0.6 is 0 Å². The zero-order chi connectivity index (χ0) is 14.7. The number of nitrogen functional groups attached to an aromatic ring is 1. The molecule has 0 unspecified atom stereocenters. The van der Waals surface area contributed by atoms with Crippen LogP contribution < -0.4 is 15.4 Å². The van der Waals surface area contributed by atoms with Crippen LogP contribution in [0.1, 0.15) is 19.4 Å². The normalized spacial score (nSPS) is 10.7. The maximum absolute atomic E-state index is 6.12. The third kappa shape index (κ3) is 2.99. The fraction of sp³-hybridized carbons (Fsp3) is 0.333. The molecule has 0 fully saturated rings. The molecule has 2 N–H and O–H groups in total. The first-order valence-corrected chi connectivity index (χ1v) is 6.56. The molecule has 2 aromatic rings. The van der Waals surface area contributed by atoms with Gasteiger partial charge in [0.25, 0.3) is 0 Å². The lowest BCUT2D eigenvalue weighted by Gasteiger charge is -2.21. The Kier molecular flexibility index (Phi) is 4.08. The van der Waals surface area contributed by atoms with Gasteiger partial charge in [-0.3, -0.25) is 0 Å². The molecule has 0 atom stereocenters. The summed E-state index contributed by atoms with van der Waals surface area (Å²) >= 11 is 0. The Morgan fingerprint density at radius 3 is 2.65 bits per heavy atom. The number of hydrogen-bond acceptors (Lipinski definition) is 5. The second kappa shape index (κ2) is 5.77. The molecule has 0 saturated carbocycles. The van der Waals surface area contributed by atoms with E-state index in [-0.39, 0.29) is 6.10 Å². The molecule has 0 spiro atoms. The molecule has 106 valence electrons. The van der Waals surface area contributed by atoms with Crippen LogP contribution in [0.4, 0.5) is 17.2 Å². The Morgan fingerprint density at radius 1 is 1.25 bits per heavy atom. The van der Waals surface area contributed by atoms with E-state index in [1.165, 1.54) is 11.9 Å². The first-order chi connectivity index (χ1) is 9.49. The van der Waals surface area contributed by atoms with Crippen molar-refractivity contribution in [3.05, 3.63) is 36.2 Å². The molecule has 1 aromatic heterocycles. The maximum Gasteiger partial charge on any atom is 0.242 e. The molecule has 0 amide bonds. The highest BCUT2D eigenvalue weighted by molar-refractivity contribution is 5.73. The Morgan fingerprint density at radius 2 is 2.00 bits per heavy atom. The molecule has 2 rings (SSSR count). The lowest BCUT2D eigenvalue weighted by atomic mass is 10.2. The second-order valence-corrected chi connectivity index (χ2v) is 4.98. The summed E-state index contributed by atoms with van der Waals surface area (Å²) < 4.78 is 5.59. The molecule has 1 aromatic carbocycles. The molecule has 5 heteroatoms. The fourth-order valence-corrected chi connectivity index (χ4v) is 1.91. The lowest BCUT2D eigenvalue weighted by molar-refractivity contribution is 0.234. The standard InChI is InChI=1S/C15H20N4O/c1-10(2)20-15-13(16)14(17-9-18-15)19(4)12-7-5-6-11(3)8-12/h5-10H,16H2,1-4H3. The largest absolute Gasteiger partial charge is 0.473 e. The van der Waals surface area contributed by atoms with E-state index in [1.807, 2.05) is 50.9 Å². The number of aryl methyl sites for hydroxylation is 1. The molecule has 1 heterocycles. The molecule has 0 bridgehead atoms. The van der Waals surface area contributed by atoms with E-state index in [0.29, 0.717) is 17.4 Å². The minimum absolute atomic E-state index is 0.0179. The Hall–Kier alpha value is -2.30. The molecule has 0 saturated heterocycles. The predicted octanol–water partition coefficient (Wildman–Crippen LogP) is 2.92. The summed E-state index contributed by atoms with van der Waals surface area (Å²) in [6.07, 6.45) is 1.49. The Labute approximate surface area is 119 Å². The van der Waals surface area contributed by atoms with E-state index >= 15 is 0 Å². The molecule has 20 heavy (non-hydrogen) atoms. The van der Waals surface area contributed by atoms with Crippen molar-refractivity contribution in [1.29, 1.82) is 0 Å². The van der Waals surface area contributed by atoms with Crippen LogP contribution in [0.3, 0.4) is 0 Å². The number of benzene rings is 1. The van der Waals surface area contributed by atoms with Crippen LogP contribution in [0.15, 0.2) is 30.6 Å². The van der Waals surface area contributed by atoms with Gasteiger partial charge in [-0.25, -0.2) is 4.98 Å². The first-order valence-electron chi connectivity index (χ1n) is 6.56. The SMILES string of the molecule is Cc1cccc(N(C)c2ncnc(OC(C)C)c2N)c1. The number of anilines is 3. The number of hydrogen-bond donors (Lipinski definition) is 1. The summed E-state index contributed by atoms with van der Waals surface area (Å²) in [5, 5.41) is 0. The van der Waals surface area contributed by atoms with Gasteiger partial charge in [-0.15, -0.1) is 0 Å². The molecule has 0 aliphatic carbocycles. The zero-order valence-corrected chi connectivity index (χ0v) is 12.3. The minimum Gasteiger partial charge on any atom is -0.473 e. The van der Waals surface area contributed by atoms with Crippen molar-refractivity contribution < 1.29 is 4.74 Å². The van der Waals surface area contributed by atoms with Crippen LogP contribution in [0, 0.1) is 6.92 Å². The number of aromatic nitrogens is 2. The van der Waals surface area contributed by atoms with E-state index < -0.39 is 0 Å². The minimum atomic E-state index is 0.0179. The van der Waals surface area contributed by atoms with E-state index in [4.69, 9.17) is 10.5 Å². The number of nitrogens with two attached hydrogens (primary N) is 1. The molecule has 0 aliphatic rings. The van der Waals surface area contributed by atoms with Crippen molar-refractivity contribution in [2.45, 2.75) is 26.9 Å². The number of nitrogens with zero attached hydrogens (tertiary/aromatic N) is 3. The summed E-state index contributed by atoms with van der Waals surface area (Å²) in [6.45, 7) is 5.92. The number of rotatable bonds is 4. The van der Waals surface area contributed by atoms with Crippen molar-refractivity contribution >= 4 is 17.2 Å². The van der Waals surface area contributed by atoms with Crippen molar-refractivity contribution in [2.75, 3.05) is 17.7 Å². The van der Waals surface area contributed by atoms with Crippen LogP contribution in [-0.2, 0) is 0 Å². The first kappa shape index (κ1) is 14.1. The molecule has 0 aliphatic heterocycles. The van der Waals surface area contributed by atoms with Crippen LogP contribution in [0.25, 0.3) is 0 Å².